The number of dihydropyridines is 1. The molecule has 0 radical (unpaired) electrons. The first kappa shape index (κ1) is 20.3. The van der Waals surface area contributed by atoms with E-state index in [1.54, 1.807) is 12.5 Å². The molecule has 30 heavy (non-hydrogen) atoms. The number of nitrogens with one attached hydrogen (secondary N) is 3. The highest BCUT2D eigenvalue weighted by molar-refractivity contribution is 5.38. The van der Waals surface area contributed by atoms with E-state index >= 15 is 0 Å². The summed E-state index contributed by atoms with van der Waals surface area (Å²) in [7, 11) is 4.09. The van der Waals surface area contributed by atoms with Crippen molar-refractivity contribution in [1.82, 2.24) is 40.6 Å². The van der Waals surface area contributed by atoms with Crippen LogP contribution >= 0.6 is 0 Å². The molecule has 8 heteroatoms. The summed E-state index contributed by atoms with van der Waals surface area (Å²) in [6.07, 6.45) is 14.8. The van der Waals surface area contributed by atoms with Gasteiger partial charge in [-0.15, -0.1) is 10.2 Å². The van der Waals surface area contributed by atoms with E-state index in [1.807, 2.05) is 29.9 Å². The molecule has 3 N–H and O–H groups in total. The van der Waals surface area contributed by atoms with Gasteiger partial charge in [-0.1, -0.05) is 6.08 Å². The molecule has 0 fully saturated rings. The Hall–Kier alpha value is -2.97. The normalized spacial score (nSPS) is 23.3. The van der Waals surface area contributed by atoms with Crippen molar-refractivity contribution in [3.8, 4) is 5.69 Å². The van der Waals surface area contributed by atoms with Crippen LogP contribution in [0.5, 0.6) is 0 Å². The molecule has 4 rings (SSSR count). The Balaban J connectivity index is 1.70. The fourth-order valence-electron chi connectivity index (χ4n) is 4.03. The largest absolute Gasteiger partial charge is 0.382 e. The van der Waals surface area contributed by atoms with Crippen LogP contribution in [-0.2, 0) is 5.66 Å². The summed E-state index contributed by atoms with van der Waals surface area (Å²) in [4.78, 5) is 6.55. The van der Waals surface area contributed by atoms with Crippen LogP contribution < -0.4 is 16.0 Å². The molecular formula is C22H30N8. The predicted octanol–water partition coefficient (Wildman–Crippen LogP) is 1.66. The van der Waals surface area contributed by atoms with Crippen molar-refractivity contribution in [1.29, 1.82) is 0 Å². The van der Waals surface area contributed by atoms with E-state index in [0.29, 0.717) is 0 Å². The Bertz CT molecular complexity index is 959. The molecule has 158 valence electrons. The van der Waals surface area contributed by atoms with Crippen molar-refractivity contribution >= 4 is 0 Å². The van der Waals surface area contributed by atoms with Gasteiger partial charge in [-0.3, -0.25) is 14.5 Å². The maximum atomic E-state index is 4.56. The fourth-order valence-corrected chi connectivity index (χ4v) is 4.03. The zero-order valence-corrected chi connectivity index (χ0v) is 18.0. The van der Waals surface area contributed by atoms with Gasteiger partial charge in [0.05, 0.1) is 17.9 Å². The van der Waals surface area contributed by atoms with Gasteiger partial charge < -0.3 is 16.0 Å². The molecule has 2 aromatic rings. The summed E-state index contributed by atoms with van der Waals surface area (Å²) in [6, 6.07) is 4.41. The van der Waals surface area contributed by atoms with Crippen LogP contribution in [0.25, 0.3) is 5.69 Å². The SMILES string of the molecule is CNCC1=CNC(C2=CC=CC(c3nncn3-c3cccnc3)(N(C)C(C)C)N2)C1. The van der Waals surface area contributed by atoms with Gasteiger partial charge in [0, 0.05) is 24.5 Å². The van der Waals surface area contributed by atoms with Gasteiger partial charge in [0.1, 0.15) is 6.33 Å². The number of allylic oxidation sites excluding steroid dienone is 2. The number of nitrogens with zero attached hydrogens (tertiary/aromatic N) is 5. The fraction of sp³-hybridized carbons (Fsp3) is 0.409. The van der Waals surface area contributed by atoms with Crippen LogP contribution in [0.4, 0.5) is 0 Å². The molecule has 2 unspecified atom stereocenters. The van der Waals surface area contributed by atoms with E-state index < -0.39 is 5.66 Å². The highest BCUT2D eigenvalue weighted by Gasteiger charge is 2.43. The maximum Gasteiger partial charge on any atom is 0.182 e. The minimum atomic E-state index is -0.641. The van der Waals surface area contributed by atoms with E-state index in [4.69, 9.17) is 0 Å². The first-order valence-corrected chi connectivity index (χ1v) is 10.3. The molecule has 4 heterocycles. The van der Waals surface area contributed by atoms with E-state index in [9.17, 15) is 0 Å². The van der Waals surface area contributed by atoms with Crippen LogP contribution in [0.1, 0.15) is 26.1 Å². The van der Waals surface area contributed by atoms with Crippen LogP contribution in [0, 0.1) is 0 Å². The quantitative estimate of drug-likeness (QED) is 0.645. The molecule has 0 amide bonds. The number of rotatable bonds is 7. The third-order valence-corrected chi connectivity index (χ3v) is 5.83. The summed E-state index contributed by atoms with van der Waals surface area (Å²) < 4.78 is 2.00. The summed E-state index contributed by atoms with van der Waals surface area (Å²) in [5, 5.41) is 19.4. The van der Waals surface area contributed by atoms with Crippen molar-refractivity contribution in [3.05, 3.63) is 72.4 Å². The Kier molecular flexibility index (Phi) is 5.69. The topological polar surface area (TPSA) is 82.9 Å². The van der Waals surface area contributed by atoms with Crippen molar-refractivity contribution in [2.45, 2.75) is 38.0 Å². The predicted molar refractivity (Wildman–Crippen MR) is 118 cm³/mol. The van der Waals surface area contributed by atoms with Crippen LogP contribution in [-0.4, -0.2) is 57.4 Å². The highest BCUT2D eigenvalue weighted by atomic mass is 15.4. The van der Waals surface area contributed by atoms with Crippen LogP contribution in [0.15, 0.2) is 66.6 Å². The van der Waals surface area contributed by atoms with E-state index in [2.05, 4.69) is 81.4 Å². The number of pyridine rings is 1. The lowest BCUT2D eigenvalue weighted by molar-refractivity contribution is 0.0898. The minimum Gasteiger partial charge on any atom is -0.382 e. The van der Waals surface area contributed by atoms with Gasteiger partial charge in [0.2, 0.25) is 0 Å². The zero-order valence-electron chi connectivity index (χ0n) is 18.0. The molecule has 0 saturated carbocycles. The Labute approximate surface area is 177 Å². The molecule has 0 spiro atoms. The summed E-state index contributed by atoms with van der Waals surface area (Å²) in [5.74, 6) is 0.801. The average molecular weight is 407 g/mol. The highest BCUT2D eigenvalue weighted by Crippen LogP contribution is 2.33. The number of hydrogen-bond donors (Lipinski definition) is 3. The summed E-state index contributed by atoms with van der Waals surface area (Å²) >= 11 is 0. The summed E-state index contributed by atoms with van der Waals surface area (Å²) in [6.45, 7) is 5.25. The lowest BCUT2D eigenvalue weighted by Crippen LogP contribution is -2.59. The van der Waals surface area contributed by atoms with Gasteiger partial charge in [0.25, 0.3) is 0 Å². The third-order valence-electron chi connectivity index (χ3n) is 5.83. The second-order valence-electron chi connectivity index (χ2n) is 8.07. The van der Waals surface area contributed by atoms with Gasteiger partial charge in [-0.25, -0.2) is 0 Å². The molecule has 0 aliphatic carbocycles. The molecule has 0 saturated heterocycles. The average Bonchev–Trinajstić information content (AvgIpc) is 3.44. The minimum absolute atomic E-state index is 0.202. The molecule has 2 aromatic heterocycles. The van der Waals surface area contributed by atoms with E-state index in [1.165, 1.54) is 5.57 Å². The first-order chi connectivity index (χ1) is 14.5. The maximum absolute atomic E-state index is 4.56. The van der Waals surface area contributed by atoms with Crippen molar-refractivity contribution < 1.29 is 0 Å². The number of hydrogen-bond acceptors (Lipinski definition) is 7. The van der Waals surface area contributed by atoms with Crippen molar-refractivity contribution in [2.75, 3.05) is 20.6 Å². The second-order valence-corrected chi connectivity index (χ2v) is 8.07. The zero-order chi connectivity index (χ0) is 21.1. The smallest absolute Gasteiger partial charge is 0.182 e. The molecule has 0 aromatic carbocycles. The van der Waals surface area contributed by atoms with E-state index in [0.717, 1.165) is 30.2 Å². The summed E-state index contributed by atoms with van der Waals surface area (Å²) in [5.41, 5.74) is 2.78. The van der Waals surface area contributed by atoms with Crippen molar-refractivity contribution in [2.24, 2.45) is 0 Å². The third kappa shape index (κ3) is 3.64. The van der Waals surface area contributed by atoms with Crippen LogP contribution in [0.3, 0.4) is 0 Å². The van der Waals surface area contributed by atoms with Gasteiger partial charge in [0.15, 0.2) is 11.5 Å². The van der Waals surface area contributed by atoms with Gasteiger partial charge in [-0.05, 0) is 70.4 Å². The molecule has 2 atom stereocenters. The molecule has 2 aliphatic rings. The Morgan fingerprint density at radius 1 is 1.40 bits per heavy atom. The molecule has 2 aliphatic heterocycles. The number of likely N-dealkylation sites (N-methyl/N-ethyl adjacent to an activating group) is 2. The standard InChI is InChI=1S/C22H30N8/c1-16(2)29(4)22(21-28-26-15-30(21)18-7-6-10-24-14-18)9-5-8-19(27-22)20-11-17(12-23-3)13-25-20/h5-10,13-16,20,23,25,27H,11-12H2,1-4H3. The molecule has 8 nitrogen and oxygen atoms in total. The molecule has 0 bridgehead atoms. The Morgan fingerprint density at radius 3 is 3.00 bits per heavy atom. The van der Waals surface area contributed by atoms with Crippen LogP contribution in [0.2, 0.25) is 0 Å². The van der Waals surface area contributed by atoms with E-state index in [-0.39, 0.29) is 12.1 Å². The van der Waals surface area contributed by atoms with Crippen molar-refractivity contribution in [3.63, 3.8) is 0 Å². The first-order valence-electron chi connectivity index (χ1n) is 10.3. The van der Waals surface area contributed by atoms with Gasteiger partial charge in [-0.2, -0.15) is 0 Å². The monoisotopic (exact) mass is 406 g/mol. The molecular weight excluding hydrogens is 376 g/mol. The lowest BCUT2D eigenvalue weighted by Gasteiger charge is -2.45. The van der Waals surface area contributed by atoms with Gasteiger partial charge >= 0.3 is 0 Å². The lowest BCUT2D eigenvalue weighted by atomic mass is 9.97. The number of aromatic nitrogens is 4. The second kappa shape index (κ2) is 8.41. The Morgan fingerprint density at radius 2 is 2.27 bits per heavy atom.